The van der Waals surface area contributed by atoms with Gasteiger partial charge in [0.1, 0.15) is 5.03 Å². The Morgan fingerprint density at radius 3 is 2.15 bits per heavy atom. The van der Waals surface area contributed by atoms with Gasteiger partial charge in [-0.1, -0.05) is 12.5 Å². The van der Waals surface area contributed by atoms with E-state index in [1.54, 1.807) is 0 Å². The molecule has 7 heterocycles. The molecule has 0 saturated carbocycles. The predicted molar refractivity (Wildman–Crippen MR) is 156 cm³/mol. The zero-order valence-electron chi connectivity index (χ0n) is 23.7. The largest absolute Gasteiger partial charge is 0.377 e. The van der Waals surface area contributed by atoms with E-state index in [9.17, 15) is 0 Å². The second-order valence-corrected chi connectivity index (χ2v) is 17.5. The van der Waals surface area contributed by atoms with Gasteiger partial charge in [-0.2, -0.15) is 5.10 Å². The fraction of sp³-hybridized carbons (Fsp3) is 0.815. The SMILES string of the molecule is C1=CN(S(c2ccn[nH]2)(N2CCCCC2)(N2CCCC2)(N2CCNCC2)N2CCOCC2N2CCNC2)CC1. The Labute approximate surface area is 233 Å². The number of piperidine rings is 1. The summed E-state index contributed by atoms with van der Waals surface area (Å²) in [6, 6.07) is 2.37. The van der Waals surface area contributed by atoms with Crippen molar-refractivity contribution in [2.24, 2.45) is 0 Å². The highest BCUT2D eigenvalue weighted by molar-refractivity contribution is 8.56. The van der Waals surface area contributed by atoms with Crippen LogP contribution in [0.25, 0.3) is 0 Å². The molecule has 1 aromatic rings. The van der Waals surface area contributed by atoms with Gasteiger partial charge in [-0.05, 0) is 47.4 Å². The Morgan fingerprint density at radius 2 is 1.51 bits per heavy atom. The summed E-state index contributed by atoms with van der Waals surface area (Å²) in [6.45, 7) is 14.9. The molecule has 0 aromatic carbocycles. The van der Waals surface area contributed by atoms with E-state index in [4.69, 9.17) is 9.84 Å². The van der Waals surface area contributed by atoms with Crippen LogP contribution in [-0.4, -0.2) is 141 Å². The van der Waals surface area contributed by atoms with Gasteiger partial charge < -0.3 is 19.7 Å². The van der Waals surface area contributed by atoms with Gasteiger partial charge in [0.25, 0.3) is 0 Å². The van der Waals surface area contributed by atoms with Gasteiger partial charge in [-0.25, -0.2) is 17.2 Å². The maximum Gasteiger partial charge on any atom is 0.121 e. The molecule has 1 aromatic heterocycles. The summed E-state index contributed by atoms with van der Waals surface area (Å²) < 4.78 is 21.4. The first-order valence-electron chi connectivity index (χ1n) is 15.5. The number of aromatic amines is 1. The summed E-state index contributed by atoms with van der Waals surface area (Å²) in [7, 11) is -4.06. The van der Waals surface area contributed by atoms with Crippen molar-refractivity contribution < 1.29 is 4.74 Å². The van der Waals surface area contributed by atoms with Crippen LogP contribution in [0.4, 0.5) is 0 Å². The third kappa shape index (κ3) is 3.21. The van der Waals surface area contributed by atoms with Crippen LogP contribution in [0.3, 0.4) is 0 Å². The third-order valence-electron chi connectivity index (χ3n) is 10.4. The van der Waals surface area contributed by atoms with Crippen molar-refractivity contribution in [3.63, 3.8) is 0 Å². The molecule has 0 bridgehead atoms. The number of rotatable bonds is 7. The van der Waals surface area contributed by atoms with Crippen LogP contribution < -0.4 is 10.6 Å². The number of hydrogen-bond donors (Lipinski definition) is 3. The molecule has 39 heavy (non-hydrogen) atoms. The van der Waals surface area contributed by atoms with E-state index < -0.39 is 9.22 Å². The van der Waals surface area contributed by atoms with Crippen molar-refractivity contribution in [3.8, 4) is 0 Å². The minimum absolute atomic E-state index is 0.171. The van der Waals surface area contributed by atoms with Crippen molar-refractivity contribution in [2.75, 3.05) is 98.4 Å². The number of nitrogens with zero attached hydrogens (tertiary/aromatic N) is 7. The highest BCUT2D eigenvalue weighted by Crippen LogP contribution is 3.02. The third-order valence-corrected chi connectivity index (χ3v) is 19.2. The molecule has 3 N–H and O–H groups in total. The minimum Gasteiger partial charge on any atom is -0.377 e. The smallest absolute Gasteiger partial charge is 0.121 e. The summed E-state index contributed by atoms with van der Waals surface area (Å²) >= 11 is 0. The lowest BCUT2D eigenvalue weighted by atomic mass is 10.2. The Balaban J connectivity index is 1.64. The molecule has 6 aliphatic heterocycles. The van der Waals surface area contributed by atoms with E-state index in [0.29, 0.717) is 0 Å². The molecule has 0 amide bonds. The topological polar surface area (TPSA) is 81.4 Å². The molecule has 11 nitrogen and oxygen atoms in total. The summed E-state index contributed by atoms with van der Waals surface area (Å²) in [5.74, 6) is 0. The summed E-state index contributed by atoms with van der Waals surface area (Å²) in [4.78, 5) is 2.66. The van der Waals surface area contributed by atoms with Gasteiger partial charge in [-0.3, -0.25) is 10.00 Å². The van der Waals surface area contributed by atoms with Gasteiger partial charge in [0, 0.05) is 97.6 Å². The van der Waals surface area contributed by atoms with Crippen molar-refractivity contribution in [2.45, 2.75) is 49.7 Å². The number of hydrogen-bond acceptors (Lipinski definition) is 10. The second kappa shape index (κ2) is 10.2. The first kappa shape index (κ1) is 26.7. The van der Waals surface area contributed by atoms with Gasteiger partial charge >= 0.3 is 0 Å². The molecule has 220 valence electrons. The van der Waals surface area contributed by atoms with Crippen LogP contribution in [0, 0.1) is 0 Å². The molecule has 7 rings (SSSR count). The van der Waals surface area contributed by atoms with Crippen LogP contribution in [0.5, 0.6) is 0 Å². The van der Waals surface area contributed by atoms with Gasteiger partial charge in [0.2, 0.25) is 0 Å². The lowest BCUT2D eigenvalue weighted by Gasteiger charge is -2.97. The highest BCUT2D eigenvalue weighted by Gasteiger charge is 2.81. The first-order chi connectivity index (χ1) is 19.3. The number of piperazine rings is 1. The van der Waals surface area contributed by atoms with E-state index >= 15 is 0 Å². The van der Waals surface area contributed by atoms with E-state index in [-0.39, 0.29) is 6.17 Å². The van der Waals surface area contributed by atoms with Gasteiger partial charge in [0.15, 0.2) is 0 Å². The minimum atomic E-state index is -4.06. The maximum absolute atomic E-state index is 6.40. The molecular weight excluding hydrogens is 512 g/mol. The number of ether oxygens (including phenoxy) is 1. The van der Waals surface area contributed by atoms with E-state index in [0.717, 1.165) is 105 Å². The highest BCUT2D eigenvalue weighted by atomic mass is 32.4. The lowest BCUT2D eigenvalue weighted by Crippen LogP contribution is -2.85. The maximum atomic E-state index is 6.40. The van der Waals surface area contributed by atoms with Crippen LogP contribution in [0.2, 0.25) is 0 Å². The monoisotopic (exact) mass is 562 g/mol. The van der Waals surface area contributed by atoms with Crippen molar-refractivity contribution in [1.82, 2.24) is 47.3 Å². The molecule has 1 unspecified atom stereocenters. The van der Waals surface area contributed by atoms with Gasteiger partial charge in [-0.15, -0.1) is 0 Å². The zero-order chi connectivity index (χ0) is 26.2. The fourth-order valence-electron chi connectivity index (χ4n) is 9.08. The Hall–Kier alpha value is -1.22. The molecular formula is C27H50N10OS. The van der Waals surface area contributed by atoms with Crippen molar-refractivity contribution in [1.29, 1.82) is 0 Å². The molecule has 5 fully saturated rings. The quantitative estimate of drug-likeness (QED) is 0.454. The molecule has 0 spiro atoms. The van der Waals surface area contributed by atoms with Crippen LogP contribution in [0.15, 0.2) is 29.6 Å². The van der Waals surface area contributed by atoms with E-state index in [1.165, 1.54) is 37.1 Å². The molecule has 0 aliphatic carbocycles. The van der Waals surface area contributed by atoms with Crippen molar-refractivity contribution in [3.05, 3.63) is 24.5 Å². The van der Waals surface area contributed by atoms with Gasteiger partial charge in [0.05, 0.1) is 19.4 Å². The average Bonchev–Trinajstić information content (AvgIpc) is 3.85. The lowest BCUT2D eigenvalue weighted by molar-refractivity contribution is -0.0468. The van der Waals surface area contributed by atoms with Crippen LogP contribution >= 0.6 is 9.22 Å². The van der Waals surface area contributed by atoms with Crippen molar-refractivity contribution >= 4 is 9.22 Å². The number of morpholine rings is 1. The molecule has 1 atom stereocenters. The summed E-state index contributed by atoms with van der Waals surface area (Å²) in [5, 5.41) is 17.3. The summed E-state index contributed by atoms with van der Waals surface area (Å²) in [6.07, 6.45) is 14.5. The Morgan fingerprint density at radius 1 is 0.795 bits per heavy atom. The molecule has 0 radical (unpaired) electrons. The Kier molecular flexibility index (Phi) is 7.01. The molecule has 12 heteroatoms. The normalized spacial score (nSPS) is 31.2. The van der Waals surface area contributed by atoms with Crippen LogP contribution in [-0.2, 0) is 4.74 Å². The standard InChI is InChI=1S/C27H50N10OS/c1-2-13-33(14-3-1)39(26-8-9-30-31-26,34-15-4-5-16-34,35-17-6-7-18-35,36-20-11-28-12-21-36)37-22-23-38-24-27(37)32-19-10-29-25-32/h4,8-9,15,27-29H,1-3,5-7,10-14,16-25H2,(H,30,31). The number of aromatic nitrogens is 2. The number of H-pyrrole nitrogens is 1. The first-order valence-corrected chi connectivity index (χ1v) is 17.8. The second-order valence-electron chi connectivity index (χ2n) is 12.0. The van der Waals surface area contributed by atoms with Crippen LogP contribution in [0.1, 0.15) is 38.5 Å². The molecule has 6 aliphatic rings. The predicted octanol–water partition coefficient (Wildman–Crippen LogP) is 1.45. The zero-order valence-corrected chi connectivity index (χ0v) is 24.5. The van der Waals surface area contributed by atoms with E-state index in [2.05, 4.69) is 60.5 Å². The fourth-order valence-corrected chi connectivity index (χ4v) is 19.4. The summed E-state index contributed by atoms with van der Waals surface area (Å²) in [5.41, 5.74) is 0. The van der Waals surface area contributed by atoms with E-state index in [1.807, 2.05) is 6.20 Å². The Bertz CT molecular complexity index is 996. The molecule has 5 saturated heterocycles. The number of nitrogens with one attached hydrogen (secondary N) is 3. The average molecular weight is 563 g/mol.